The zero-order valence-electron chi connectivity index (χ0n) is 18.7. The number of rotatable bonds is 8. The fourth-order valence-corrected chi connectivity index (χ4v) is 3.64. The van der Waals surface area contributed by atoms with Crippen LogP contribution in [0.4, 0.5) is 5.95 Å². The summed E-state index contributed by atoms with van der Waals surface area (Å²) in [5, 5.41) is 9.83. The number of benzene rings is 2. The van der Waals surface area contributed by atoms with Crippen LogP contribution in [0.5, 0.6) is 0 Å². The van der Waals surface area contributed by atoms with Gasteiger partial charge in [-0.1, -0.05) is 36.4 Å². The molecule has 0 aliphatic rings. The highest BCUT2D eigenvalue weighted by Crippen LogP contribution is 2.25. The van der Waals surface area contributed by atoms with E-state index in [-0.39, 0.29) is 11.8 Å². The average molecular weight is 443 g/mol. The summed E-state index contributed by atoms with van der Waals surface area (Å²) < 4.78 is 3.57. The summed E-state index contributed by atoms with van der Waals surface area (Å²) in [6, 6.07) is 17.1. The molecule has 0 aliphatic carbocycles. The molecule has 2 amide bonds. The molecule has 0 aliphatic heterocycles. The molecule has 8 nitrogen and oxygen atoms in total. The summed E-state index contributed by atoms with van der Waals surface area (Å²) in [4.78, 5) is 29.5. The van der Waals surface area contributed by atoms with Gasteiger partial charge in [-0.25, -0.2) is 4.98 Å². The number of imidazole rings is 1. The van der Waals surface area contributed by atoms with Gasteiger partial charge in [0.2, 0.25) is 11.9 Å². The highest BCUT2D eigenvalue weighted by atomic mass is 16.2. The maximum Gasteiger partial charge on any atom is 0.258 e. The molecular formula is C25H26N6O2. The number of hydrogen-bond acceptors (Lipinski definition) is 4. The zero-order chi connectivity index (χ0) is 23.2. The van der Waals surface area contributed by atoms with Crippen LogP contribution in [0, 0.1) is 0 Å². The van der Waals surface area contributed by atoms with Gasteiger partial charge in [-0.05, 0) is 36.6 Å². The van der Waals surface area contributed by atoms with Crippen LogP contribution < -0.4 is 10.6 Å². The molecule has 2 aromatic carbocycles. The van der Waals surface area contributed by atoms with Crippen molar-refractivity contribution in [2.75, 3.05) is 12.4 Å². The van der Waals surface area contributed by atoms with E-state index in [0.717, 1.165) is 22.5 Å². The van der Waals surface area contributed by atoms with Gasteiger partial charge in [0.1, 0.15) is 0 Å². The molecule has 0 saturated carbocycles. The first-order chi connectivity index (χ1) is 16.0. The second-order valence-corrected chi connectivity index (χ2v) is 7.69. The number of carbonyl (C=O) groups is 2. The van der Waals surface area contributed by atoms with E-state index in [1.807, 2.05) is 72.5 Å². The zero-order valence-corrected chi connectivity index (χ0v) is 18.7. The fraction of sp³-hybridized carbons (Fsp3) is 0.200. The third-order valence-electron chi connectivity index (χ3n) is 5.32. The van der Waals surface area contributed by atoms with E-state index in [0.29, 0.717) is 30.8 Å². The highest BCUT2D eigenvalue weighted by molar-refractivity contribution is 6.08. The lowest BCUT2D eigenvalue weighted by atomic mass is 10.0. The Morgan fingerprint density at radius 3 is 2.48 bits per heavy atom. The van der Waals surface area contributed by atoms with Gasteiger partial charge in [-0.3, -0.25) is 24.2 Å². The molecule has 0 spiro atoms. The number of aryl methyl sites for hydroxylation is 2. The summed E-state index contributed by atoms with van der Waals surface area (Å²) in [5.41, 5.74) is 3.89. The number of amides is 2. The average Bonchev–Trinajstić information content (AvgIpc) is 3.45. The lowest BCUT2D eigenvalue weighted by molar-refractivity contribution is -0.120. The number of para-hydroxylation sites is 1. The summed E-state index contributed by atoms with van der Waals surface area (Å²) in [5.74, 6) is 0.175. The van der Waals surface area contributed by atoms with Crippen molar-refractivity contribution in [3.05, 3.63) is 84.4 Å². The van der Waals surface area contributed by atoms with E-state index in [1.165, 1.54) is 0 Å². The molecule has 2 N–H and O–H groups in total. The van der Waals surface area contributed by atoms with Crippen LogP contribution >= 0.6 is 0 Å². The second-order valence-electron chi connectivity index (χ2n) is 7.69. The first kappa shape index (κ1) is 22.0. The molecule has 2 aromatic heterocycles. The topological polar surface area (TPSA) is 93.8 Å². The molecule has 4 aromatic rings. The van der Waals surface area contributed by atoms with Gasteiger partial charge in [-0.15, -0.1) is 0 Å². The minimum atomic E-state index is -0.255. The number of anilines is 1. The largest absolute Gasteiger partial charge is 0.359 e. The predicted molar refractivity (Wildman–Crippen MR) is 127 cm³/mol. The lowest BCUT2D eigenvalue weighted by Gasteiger charge is -2.11. The minimum Gasteiger partial charge on any atom is -0.359 e. The number of hydrogen-bond donors (Lipinski definition) is 2. The van der Waals surface area contributed by atoms with Gasteiger partial charge >= 0.3 is 0 Å². The van der Waals surface area contributed by atoms with Gasteiger partial charge in [0.15, 0.2) is 0 Å². The lowest BCUT2D eigenvalue weighted by Crippen LogP contribution is -2.17. The Bertz CT molecular complexity index is 1260. The van der Waals surface area contributed by atoms with Crippen molar-refractivity contribution in [3.8, 4) is 16.8 Å². The Labute approximate surface area is 192 Å². The first-order valence-corrected chi connectivity index (χ1v) is 10.8. The maximum absolute atomic E-state index is 13.3. The van der Waals surface area contributed by atoms with Crippen LogP contribution in [0.2, 0.25) is 0 Å². The number of nitrogens with zero attached hydrogens (tertiary/aromatic N) is 4. The van der Waals surface area contributed by atoms with Crippen molar-refractivity contribution in [1.82, 2.24) is 24.6 Å². The van der Waals surface area contributed by atoms with Gasteiger partial charge in [-0.2, -0.15) is 5.10 Å². The van der Waals surface area contributed by atoms with Crippen LogP contribution in [0.25, 0.3) is 16.8 Å². The van der Waals surface area contributed by atoms with Gasteiger partial charge in [0.25, 0.3) is 5.91 Å². The van der Waals surface area contributed by atoms with E-state index < -0.39 is 0 Å². The molecule has 0 fully saturated rings. The van der Waals surface area contributed by atoms with Crippen molar-refractivity contribution in [3.63, 3.8) is 0 Å². The normalized spacial score (nSPS) is 10.7. The summed E-state index contributed by atoms with van der Waals surface area (Å²) in [6.45, 7) is 0. The van der Waals surface area contributed by atoms with Crippen LogP contribution in [-0.2, 0) is 18.3 Å². The van der Waals surface area contributed by atoms with Crippen LogP contribution in [0.3, 0.4) is 0 Å². The Balaban J connectivity index is 1.62. The molecule has 0 radical (unpaired) electrons. The number of aromatic nitrogens is 4. The Hall–Kier alpha value is -4.20. The molecule has 2 heterocycles. The van der Waals surface area contributed by atoms with E-state index in [4.69, 9.17) is 0 Å². The predicted octanol–water partition coefficient (Wildman–Crippen LogP) is 3.59. The van der Waals surface area contributed by atoms with Crippen molar-refractivity contribution >= 4 is 17.8 Å². The standard InChI is InChI=1S/C25H26N6O2/c1-26-23(32)14-8-9-19-17-31(20-10-4-3-5-11-20)25(28-19)29-24(33)22-13-7-6-12-21(22)18-15-27-30(2)16-18/h3-7,10-13,15-17H,8-9,14H2,1-2H3,(H,26,32)(H,28,29,33). The molecular weight excluding hydrogens is 416 g/mol. The summed E-state index contributed by atoms with van der Waals surface area (Å²) in [6.07, 6.45) is 7.24. The maximum atomic E-state index is 13.3. The molecule has 0 unspecified atom stereocenters. The van der Waals surface area contributed by atoms with Crippen molar-refractivity contribution in [2.45, 2.75) is 19.3 Å². The molecule has 33 heavy (non-hydrogen) atoms. The van der Waals surface area contributed by atoms with E-state index in [9.17, 15) is 9.59 Å². The van der Waals surface area contributed by atoms with E-state index in [2.05, 4.69) is 20.7 Å². The molecule has 168 valence electrons. The molecule has 0 saturated heterocycles. The Kier molecular flexibility index (Phi) is 6.64. The van der Waals surface area contributed by atoms with E-state index >= 15 is 0 Å². The first-order valence-electron chi connectivity index (χ1n) is 10.8. The summed E-state index contributed by atoms with van der Waals surface area (Å²) >= 11 is 0. The van der Waals surface area contributed by atoms with Crippen molar-refractivity contribution in [2.24, 2.45) is 7.05 Å². The van der Waals surface area contributed by atoms with Crippen LogP contribution in [0.15, 0.2) is 73.2 Å². The van der Waals surface area contributed by atoms with Gasteiger partial charge in [0.05, 0.1) is 11.9 Å². The molecule has 0 atom stereocenters. The quantitative estimate of drug-likeness (QED) is 0.436. The molecule has 8 heteroatoms. The second kappa shape index (κ2) is 9.95. The Morgan fingerprint density at radius 2 is 1.76 bits per heavy atom. The van der Waals surface area contributed by atoms with Crippen molar-refractivity contribution in [1.29, 1.82) is 0 Å². The third kappa shape index (κ3) is 5.17. The highest BCUT2D eigenvalue weighted by Gasteiger charge is 2.18. The third-order valence-corrected chi connectivity index (χ3v) is 5.32. The fourth-order valence-electron chi connectivity index (χ4n) is 3.64. The molecule has 4 rings (SSSR count). The van der Waals surface area contributed by atoms with Crippen LogP contribution in [0.1, 0.15) is 28.9 Å². The number of nitrogens with one attached hydrogen (secondary N) is 2. The minimum absolute atomic E-state index is 0.00183. The number of carbonyl (C=O) groups excluding carboxylic acids is 2. The molecule has 0 bridgehead atoms. The SMILES string of the molecule is CNC(=O)CCCc1cn(-c2ccccc2)c(NC(=O)c2ccccc2-c2cnn(C)c2)n1. The van der Waals surface area contributed by atoms with Gasteiger partial charge < -0.3 is 5.32 Å². The van der Waals surface area contributed by atoms with Gasteiger partial charge in [0, 0.05) is 49.7 Å². The Morgan fingerprint density at radius 1 is 1.00 bits per heavy atom. The monoisotopic (exact) mass is 442 g/mol. The van der Waals surface area contributed by atoms with E-state index in [1.54, 1.807) is 24.0 Å². The summed E-state index contributed by atoms with van der Waals surface area (Å²) in [7, 11) is 3.47. The van der Waals surface area contributed by atoms with Crippen LogP contribution in [-0.4, -0.2) is 38.2 Å². The van der Waals surface area contributed by atoms with Crippen molar-refractivity contribution < 1.29 is 9.59 Å². The smallest absolute Gasteiger partial charge is 0.258 e.